The summed E-state index contributed by atoms with van der Waals surface area (Å²) in [6.45, 7) is 0. The van der Waals surface area contributed by atoms with Gasteiger partial charge in [0.2, 0.25) is 0 Å². The van der Waals surface area contributed by atoms with E-state index >= 15 is 0 Å². The molecule has 0 spiro atoms. The molecule has 0 fully saturated rings. The van der Waals surface area contributed by atoms with Crippen molar-refractivity contribution in [2.45, 2.75) is 0 Å². The highest BCUT2D eigenvalue weighted by Gasteiger charge is 2.03. The number of aromatic carboxylic acids is 1. The first-order valence-corrected chi connectivity index (χ1v) is 3.27. The van der Waals surface area contributed by atoms with Gasteiger partial charge in [-0.05, 0) is 17.7 Å². The molecule has 0 radical (unpaired) electrons. The van der Waals surface area contributed by atoms with Gasteiger partial charge in [-0.1, -0.05) is 6.08 Å². The number of nitrogens with one attached hydrogen (secondary N) is 1. The number of aldehydes is 1. The summed E-state index contributed by atoms with van der Waals surface area (Å²) in [5.74, 6) is -1.01. The quantitative estimate of drug-likeness (QED) is 0.517. The van der Waals surface area contributed by atoms with Crippen LogP contribution in [0.25, 0.3) is 6.08 Å². The predicted molar refractivity (Wildman–Crippen MR) is 42.9 cm³/mol. The molecule has 1 aromatic rings. The molecule has 0 aliphatic carbocycles. The lowest BCUT2D eigenvalue weighted by Gasteiger charge is -1.81. The van der Waals surface area contributed by atoms with Gasteiger partial charge in [-0.15, -0.1) is 0 Å². The van der Waals surface area contributed by atoms with Gasteiger partial charge in [0.05, 0.1) is 0 Å². The Morgan fingerprint density at radius 1 is 1.58 bits per heavy atom. The van der Waals surface area contributed by atoms with Crippen molar-refractivity contribution in [3.8, 4) is 0 Å². The standard InChI is InChI=1S/C8H7NO3/c10-3-1-2-6-4-7(8(11)12)9-5-6/h1-5,9H,(H,11,12). The van der Waals surface area contributed by atoms with E-state index in [1.165, 1.54) is 24.4 Å². The van der Waals surface area contributed by atoms with Crippen molar-refractivity contribution in [1.82, 2.24) is 4.98 Å². The molecule has 0 unspecified atom stereocenters. The van der Waals surface area contributed by atoms with Crippen molar-refractivity contribution >= 4 is 18.3 Å². The number of aromatic amines is 1. The second kappa shape index (κ2) is 3.52. The summed E-state index contributed by atoms with van der Waals surface area (Å²) in [6, 6.07) is 1.45. The molecule has 0 saturated carbocycles. The van der Waals surface area contributed by atoms with Crippen LogP contribution >= 0.6 is 0 Å². The van der Waals surface area contributed by atoms with Gasteiger partial charge < -0.3 is 10.1 Å². The Morgan fingerprint density at radius 2 is 2.33 bits per heavy atom. The number of H-pyrrole nitrogens is 1. The SMILES string of the molecule is O=CC=Cc1c[nH]c(C(=O)O)c1. The molecular weight excluding hydrogens is 158 g/mol. The number of carboxylic acids is 1. The van der Waals surface area contributed by atoms with E-state index in [1.807, 2.05) is 0 Å². The van der Waals surface area contributed by atoms with Gasteiger partial charge in [0.25, 0.3) is 0 Å². The number of aromatic nitrogens is 1. The molecule has 0 atom stereocenters. The van der Waals surface area contributed by atoms with E-state index in [9.17, 15) is 9.59 Å². The monoisotopic (exact) mass is 165 g/mol. The lowest BCUT2D eigenvalue weighted by Crippen LogP contribution is -1.94. The van der Waals surface area contributed by atoms with Gasteiger partial charge in [0.1, 0.15) is 12.0 Å². The van der Waals surface area contributed by atoms with Crippen LogP contribution in [-0.4, -0.2) is 22.3 Å². The summed E-state index contributed by atoms with van der Waals surface area (Å²) in [4.78, 5) is 22.8. The largest absolute Gasteiger partial charge is 0.477 e. The van der Waals surface area contributed by atoms with Crippen molar-refractivity contribution in [1.29, 1.82) is 0 Å². The second-order valence-corrected chi connectivity index (χ2v) is 2.15. The molecule has 62 valence electrons. The molecule has 0 saturated heterocycles. The van der Waals surface area contributed by atoms with E-state index < -0.39 is 5.97 Å². The van der Waals surface area contributed by atoms with Crippen molar-refractivity contribution in [3.63, 3.8) is 0 Å². The second-order valence-electron chi connectivity index (χ2n) is 2.15. The van der Waals surface area contributed by atoms with E-state index in [0.29, 0.717) is 11.8 Å². The number of hydrogen-bond donors (Lipinski definition) is 2. The Bertz CT molecular complexity index is 325. The Labute approximate surface area is 68.5 Å². The summed E-state index contributed by atoms with van der Waals surface area (Å²) in [5.41, 5.74) is 0.778. The fraction of sp³-hybridized carbons (Fsp3) is 0. The number of rotatable bonds is 3. The summed E-state index contributed by atoms with van der Waals surface area (Å²) in [7, 11) is 0. The summed E-state index contributed by atoms with van der Waals surface area (Å²) in [5, 5.41) is 8.50. The molecule has 0 bridgehead atoms. The Morgan fingerprint density at radius 3 is 2.83 bits per heavy atom. The molecule has 4 nitrogen and oxygen atoms in total. The van der Waals surface area contributed by atoms with E-state index in [-0.39, 0.29) is 5.69 Å². The van der Waals surface area contributed by atoms with Crippen LogP contribution in [-0.2, 0) is 4.79 Å². The Hall–Kier alpha value is -1.84. The van der Waals surface area contributed by atoms with Gasteiger partial charge in [-0.2, -0.15) is 0 Å². The van der Waals surface area contributed by atoms with E-state index in [4.69, 9.17) is 5.11 Å². The first-order valence-electron chi connectivity index (χ1n) is 3.27. The molecule has 1 aromatic heterocycles. The van der Waals surface area contributed by atoms with E-state index in [2.05, 4.69) is 4.98 Å². The molecule has 1 heterocycles. The zero-order valence-electron chi connectivity index (χ0n) is 6.15. The van der Waals surface area contributed by atoms with Gasteiger partial charge >= 0.3 is 5.97 Å². The average Bonchev–Trinajstić information content (AvgIpc) is 2.48. The topological polar surface area (TPSA) is 70.2 Å². The van der Waals surface area contributed by atoms with Crippen molar-refractivity contribution in [2.24, 2.45) is 0 Å². The molecule has 0 aliphatic rings. The fourth-order valence-corrected chi connectivity index (χ4v) is 0.781. The summed E-state index contributed by atoms with van der Waals surface area (Å²) >= 11 is 0. The molecule has 2 N–H and O–H groups in total. The maximum absolute atomic E-state index is 10.4. The summed E-state index contributed by atoms with van der Waals surface area (Å²) < 4.78 is 0. The normalized spacial score (nSPS) is 10.3. The molecule has 0 amide bonds. The van der Waals surface area contributed by atoms with Crippen molar-refractivity contribution < 1.29 is 14.7 Å². The first kappa shape index (κ1) is 8.26. The number of carboxylic acid groups (broad SMARTS) is 1. The Balaban J connectivity index is 2.84. The average molecular weight is 165 g/mol. The summed E-state index contributed by atoms with van der Waals surface area (Å²) in [6.07, 6.45) is 4.97. The van der Waals surface area contributed by atoms with Crippen LogP contribution in [0.5, 0.6) is 0 Å². The zero-order valence-corrected chi connectivity index (χ0v) is 6.15. The van der Waals surface area contributed by atoms with E-state index in [0.717, 1.165) is 0 Å². The third kappa shape index (κ3) is 1.82. The third-order valence-electron chi connectivity index (χ3n) is 1.30. The minimum absolute atomic E-state index is 0.112. The minimum Gasteiger partial charge on any atom is -0.477 e. The highest BCUT2D eigenvalue weighted by Crippen LogP contribution is 2.04. The number of carbonyl (C=O) groups is 2. The van der Waals surface area contributed by atoms with Crippen molar-refractivity contribution in [3.05, 3.63) is 29.6 Å². The predicted octanol–water partition coefficient (Wildman–Crippen LogP) is 0.925. The maximum atomic E-state index is 10.4. The van der Waals surface area contributed by atoms with Crippen LogP contribution < -0.4 is 0 Å². The fourth-order valence-electron chi connectivity index (χ4n) is 0.781. The molecule has 4 heteroatoms. The lowest BCUT2D eigenvalue weighted by molar-refractivity contribution is -0.104. The van der Waals surface area contributed by atoms with Crippen LogP contribution in [0.4, 0.5) is 0 Å². The highest BCUT2D eigenvalue weighted by molar-refractivity contribution is 5.86. The highest BCUT2D eigenvalue weighted by atomic mass is 16.4. The maximum Gasteiger partial charge on any atom is 0.352 e. The lowest BCUT2D eigenvalue weighted by atomic mass is 10.3. The molecule has 0 aliphatic heterocycles. The van der Waals surface area contributed by atoms with E-state index in [1.54, 1.807) is 0 Å². The van der Waals surface area contributed by atoms with Crippen LogP contribution in [0.3, 0.4) is 0 Å². The number of carbonyl (C=O) groups excluding carboxylic acids is 1. The molecule has 12 heavy (non-hydrogen) atoms. The number of hydrogen-bond acceptors (Lipinski definition) is 2. The zero-order chi connectivity index (χ0) is 8.97. The van der Waals surface area contributed by atoms with Gasteiger partial charge in [0, 0.05) is 6.20 Å². The van der Waals surface area contributed by atoms with Gasteiger partial charge in [-0.25, -0.2) is 4.79 Å². The van der Waals surface area contributed by atoms with Crippen LogP contribution in [0.15, 0.2) is 18.3 Å². The van der Waals surface area contributed by atoms with Crippen LogP contribution in [0, 0.1) is 0 Å². The minimum atomic E-state index is -1.01. The van der Waals surface area contributed by atoms with Crippen LogP contribution in [0.1, 0.15) is 16.1 Å². The number of allylic oxidation sites excluding steroid dienone is 1. The molecule has 0 aromatic carbocycles. The van der Waals surface area contributed by atoms with Crippen molar-refractivity contribution in [2.75, 3.05) is 0 Å². The molecular formula is C8H7NO3. The van der Waals surface area contributed by atoms with Gasteiger partial charge in [-0.3, -0.25) is 4.79 Å². The smallest absolute Gasteiger partial charge is 0.352 e. The Kier molecular flexibility index (Phi) is 2.42. The van der Waals surface area contributed by atoms with Gasteiger partial charge in [0.15, 0.2) is 0 Å². The molecule has 1 rings (SSSR count). The first-order chi connectivity index (χ1) is 5.74. The van der Waals surface area contributed by atoms with Crippen LogP contribution in [0.2, 0.25) is 0 Å². The third-order valence-corrected chi connectivity index (χ3v) is 1.30.